The summed E-state index contributed by atoms with van der Waals surface area (Å²) in [5.41, 5.74) is 3.04. The van der Waals surface area contributed by atoms with E-state index in [4.69, 9.17) is 5.11 Å². The van der Waals surface area contributed by atoms with Gasteiger partial charge in [0.25, 0.3) is 0 Å². The van der Waals surface area contributed by atoms with Crippen LogP contribution in [0.2, 0.25) is 0 Å². The van der Waals surface area contributed by atoms with Gasteiger partial charge in [0.2, 0.25) is 0 Å². The minimum atomic E-state index is 0.0226. The maximum atomic E-state index is 9.16. The van der Waals surface area contributed by atoms with Crippen molar-refractivity contribution in [3.8, 4) is 0 Å². The van der Waals surface area contributed by atoms with Crippen LogP contribution in [0.4, 0.5) is 0 Å². The van der Waals surface area contributed by atoms with Crippen molar-refractivity contribution < 1.29 is 5.11 Å². The Bertz CT molecular complexity index is 480. The van der Waals surface area contributed by atoms with E-state index in [1.54, 1.807) is 6.20 Å². The molecule has 2 aromatic heterocycles. The molecular weight excluding hydrogens is 188 g/mol. The third kappa shape index (κ3) is 1.63. The van der Waals surface area contributed by atoms with Crippen LogP contribution in [-0.4, -0.2) is 14.5 Å². The molecule has 2 aromatic rings. The molecule has 0 aliphatic heterocycles. The van der Waals surface area contributed by atoms with Crippen LogP contribution >= 0.6 is 0 Å². The molecule has 2 rings (SSSR count). The van der Waals surface area contributed by atoms with E-state index in [0.29, 0.717) is 0 Å². The lowest BCUT2D eigenvalue weighted by Gasteiger charge is -2.19. The summed E-state index contributed by atoms with van der Waals surface area (Å²) in [6.45, 7) is 6.51. The third-order valence-corrected chi connectivity index (χ3v) is 2.58. The second kappa shape index (κ2) is 3.35. The largest absolute Gasteiger partial charge is 0.390 e. The molecular formula is C12H16N2O. The topological polar surface area (TPSA) is 37.5 Å². The number of aromatic nitrogens is 2. The first kappa shape index (κ1) is 10.2. The number of hydrogen-bond acceptors (Lipinski definition) is 2. The molecule has 0 unspecified atom stereocenters. The van der Waals surface area contributed by atoms with E-state index in [-0.39, 0.29) is 12.0 Å². The molecule has 0 aliphatic rings. The van der Waals surface area contributed by atoms with Gasteiger partial charge in [-0.05, 0) is 11.5 Å². The first-order valence-corrected chi connectivity index (χ1v) is 5.10. The van der Waals surface area contributed by atoms with Crippen LogP contribution in [0.5, 0.6) is 0 Å². The van der Waals surface area contributed by atoms with E-state index in [1.165, 1.54) is 5.56 Å². The summed E-state index contributed by atoms with van der Waals surface area (Å²) in [5.74, 6) is 0. The number of nitrogens with zero attached hydrogens (tertiary/aromatic N) is 2. The maximum absolute atomic E-state index is 9.16. The minimum Gasteiger partial charge on any atom is -0.390 e. The van der Waals surface area contributed by atoms with Crippen LogP contribution in [0, 0.1) is 0 Å². The van der Waals surface area contributed by atoms with E-state index in [1.807, 2.05) is 16.7 Å². The Hall–Kier alpha value is -1.35. The Morgan fingerprint density at radius 2 is 2.13 bits per heavy atom. The molecule has 0 spiro atoms. The van der Waals surface area contributed by atoms with E-state index in [9.17, 15) is 0 Å². The summed E-state index contributed by atoms with van der Waals surface area (Å²) < 4.78 is 1.95. The van der Waals surface area contributed by atoms with Gasteiger partial charge in [-0.3, -0.25) is 0 Å². The average Bonchev–Trinajstić information content (AvgIpc) is 2.58. The Morgan fingerprint density at radius 3 is 2.73 bits per heavy atom. The van der Waals surface area contributed by atoms with Crippen LogP contribution < -0.4 is 0 Å². The monoisotopic (exact) mass is 204 g/mol. The van der Waals surface area contributed by atoms with Crippen molar-refractivity contribution in [1.29, 1.82) is 0 Å². The molecule has 0 saturated heterocycles. The fraction of sp³-hybridized carbons (Fsp3) is 0.417. The van der Waals surface area contributed by atoms with Gasteiger partial charge in [-0.15, -0.1) is 0 Å². The lowest BCUT2D eigenvalue weighted by atomic mass is 9.88. The number of rotatable bonds is 1. The summed E-state index contributed by atoms with van der Waals surface area (Å²) in [6.07, 6.45) is 3.66. The highest BCUT2D eigenvalue weighted by Crippen LogP contribution is 2.26. The number of aliphatic hydroxyl groups excluding tert-OH is 1. The van der Waals surface area contributed by atoms with Gasteiger partial charge in [0.15, 0.2) is 0 Å². The highest BCUT2D eigenvalue weighted by molar-refractivity contribution is 5.52. The normalized spacial score (nSPS) is 12.3. The molecule has 2 heterocycles. The van der Waals surface area contributed by atoms with Gasteiger partial charge >= 0.3 is 0 Å². The number of imidazole rings is 1. The molecule has 0 atom stereocenters. The Balaban J connectivity index is 2.73. The molecule has 0 aromatic carbocycles. The second-order valence-electron chi connectivity index (χ2n) is 4.77. The molecule has 0 bridgehead atoms. The lowest BCUT2D eigenvalue weighted by Crippen LogP contribution is -2.13. The molecule has 1 N–H and O–H groups in total. The molecule has 3 nitrogen and oxygen atoms in total. The Labute approximate surface area is 89.4 Å². The van der Waals surface area contributed by atoms with Gasteiger partial charge in [0.1, 0.15) is 5.65 Å². The highest BCUT2D eigenvalue weighted by atomic mass is 16.3. The molecule has 15 heavy (non-hydrogen) atoms. The summed E-state index contributed by atoms with van der Waals surface area (Å²) in [4.78, 5) is 4.36. The van der Waals surface area contributed by atoms with E-state index in [2.05, 4.69) is 31.8 Å². The Kier molecular flexibility index (Phi) is 2.27. The summed E-state index contributed by atoms with van der Waals surface area (Å²) in [5, 5.41) is 9.16. The number of hydrogen-bond donors (Lipinski definition) is 1. The minimum absolute atomic E-state index is 0.0226. The van der Waals surface area contributed by atoms with Crippen LogP contribution in [0.15, 0.2) is 24.5 Å². The average molecular weight is 204 g/mol. The van der Waals surface area contributed by atoms with Crippen LogP contribution in [0.3, 0.4) is 0 Å². The molecule has 0 saturated carbocycles. The van der Waals surface area contributed by atoms with Crippen LogP contribution in [-0.2, 0) is 12.0 Å². The van der Waals surface area contributed by atoms with Crippen molar-refractivity contribution in [2.24, 2.45) is 0 Å². The molecule has 0 amide bonds. The van der Waals surface area contributed by atoms with Gasteiger partial charge in [-0.2, -0.15) is 0 Å². The lowest BCUT2D eigenvalue weighted by molar-refractivity contribution is 0.276. The zero-order valence-corrected chi connectivity index (χ0v) is 9.36. The van der Waals surface area contributed by atoms with Crippen molar-refractivity contribution >= 4 is 5.65 Å². The van der Waals surface area contributed by atoms with Crippen LogP contribution in [0.1, 0.15) is 32.0 Å². The van der Waals surface area contributed by atoms with Gasteiger partial charge in [-0.1, -0.05) is 26.8 Å². The fourth-order valence-electron chi connectivity index (χ4n) is 1.76. The summed E-state index contributed by atoms with van der Waals surface area (Å²) in [7, 11) is 0. The van der Waals surface area contributed by atoms with Crippen molar-refractivity contribution in [3.05, 3.63) is 35.8 Å². The molecule has 0 aliphatic carbocycles. The number of aliphatic hydroxyl groups is 1. The van der Waals surface area contributed by atoms with Gasteiger partial charge in [-0.25, -0.2) is 4.98 Å². The number of pyridine rings is 1. The molecule has 3 heteroatoms. The smallest absolute Gasteiger partial charge is 0.140 e. The molecule has 0 radical (unpaired) electrons. The van der Waals surface area contributed by atoms with E-state index >= 15 is 0 Å². The van der Waals surface area contributed by atoms with Crippen molar-refractivity contribution in [1.82, 2.24) is 9.38 Å². The van der Waals surface area contributed by atoms with E-state index < -0.39 is 0 Å². The molecule has 0 fully saturated rings. The predicted molar refractivity (Wildman–Crippen MR) is 59.8 cm³/mol. The van der Waals surface area contributed by atoms with Gasteiger partial charge in [0, 0.05) is 11.8 Å². The zero-order chi connectivity index (χ0) is 11.1. The standard InChI is InChI=1S/C12H16N2O/c1-12(2,3)10-5-4-6-14-9(8-15)7-13-11(10)14/h4-7,15H,8H2,1-3H3. The van der Waals surface area contributed by atoms with Gasteiger partial charge < -0.3 is 9.51 Å². The summed E-state index contributed by atoms with van der Waals surface area (Å²) >= 11 is 0. The highest BCUT2D eigenvalue weighted by Gasteiger charge is 2.18. The SMILES string of the molecule is CC(C)(C)c1cccn2c(CO)cnc12. The van der Waals surface area contributed by atoms with Crippen molar-refractivity contribution in [3.63, 3.8) is 0 Å². The van der Waals surface area contributed by atoms with Crippen LogP contribution in [0.25, 0.3) is 5.65 Å². The van der Waals surface area contributed by atoms with Crippen molar-refractivity contribution in [2.45, 2.75) is 32.8 Å². The quantitative estimate of drug-likeness (QED) is 0.772. The number of fused-ring (bicyclic) bond motifs is 1. The first-order valence-electron chi connectivity index (χ1n) is 5.10. The molecule has 80 valence electrons. The van der Waals surface area contributed by atoms with Crippen molar-refractivity contribution in [2.75, 3.05) is 0 Å². The predicted octanol–water partition coefficient (Wildman–Crippen LogP) is 2.12. The van der Waals surface area contributed by atoms with Gasteiger partial charge in [0.05, 0.1) is 18.5 Å². The fourth-order valence-corrected chi connectivity index (χ4v) is 1.76. The third-order valence-electron chi connectivity index (χ3n) is 2.58. The van der Waals surface area contributed by atoms with E-state index in [0.717, 1.165) is 11.3 Å². The summed E-state index contributed by atoms with van der Waals surface area (Å²) in [6, 6.07) is 4.08. The zero-order valence-electron chi connectivity index (χ0n) is 9.36. The first-order chi connectivity index (χ1) is 7.04. The second-order valence-corrected chi connectivity index (χ2v) is 4.77. The Morgan fingerprint density at radius 1 is 1.40 bits per heavy atom. The maximum Gasteiger partial charge on any atom is 0.140 e.